The number of nitrogens with zero attached hydrogens (tertiary/aromatic N) is 1. The minimum Gasteiger partial charge on any atom is -0.462 e. The summed E-state index contributed by atoms with van der Waals surface area (Å²) >= 11 is 7.10. The van der Waals surface area contributed by atoms with Gasteiger partial charge in [0.2, 0.25) is 0 Å². The maximum absolute atomic E-state index is 12.4. The van der Waals surface area contributed by atoms with Crippen molar-refractivity contribution in [2.24, 2.45) is 0 Å². The summed E-state index contributed by atoms with van der Waals surface area (Å²) in [6, 6.07) is 6.95. The first-order valence-electron chi connectivity index (χ1n) is 6.97. The number of fused-ring (bicyclic) bond motifs is 1. The molecule has 23 heavy (non-hydrogen) atoms. The molecule has 0 bridgehead atoms. The number of thiophene rings is 1. The highest BCUT2D eigenvalue weighted by Crippen LogP contribution is 2.29. The molecule has 1 N–H and O–H groups in total. The third-order valence-corrected chi connectivity index (χ3v) is 4.65. The highest BCUT2D eigenvalue weighted by atomic mass is 35.5. The van der Waals surface area contributed by atoms with Gasteiger partial charge in [0.1, 0.15) is 16.2 Å². The minimum atomic E-state index is -0.462. The van der Waals surface area contributed by atoms with Crippen LogP contribution in [0, 0.1) is 6.92 Å². The molecular weight excluding hydrogens is 336 g/mol. The molecule has 7 heteroatoms. The summed E-state index contributed by atoms with van der Waals surface area (Å²) in [7, 11) is 0. The zero-order valence-corrected chi connectivity index (χ0v) is 14.0. The number of H-pyrrole nitrogens is 1. The van der Waals surface area contributed by atoms with Gasteiger partial charge >= 0.3 is 5.97 Å². The molecular formula is C16H13ClN2O3S. The standard InChI is InChI=1S/C16H13ClN2O3S/c1-3-22-16(21)13-12-11(8(2)23-13)15(20)19-14(18-12)9-4-6-10(17)7-5-9/h4-7H,3H2,1-2H3,(H,18,19,20). The Kier molecular flexibility index (Phi) is 4.19. The van der Waals surface area contributed by atoms with Crippen LogP contribution in [0.5, 0.6) is 0 Å². The van der Waals surface area contributed by atoms with Crippen molar-refractivity contribution < 1.29 is 9.53 Å². The van der Waals surface area contributed by atoms with Gasteiger partial charge in [0, 0.05) is 15.5 Å². The average molecular weight is 349 g/mol. The van der Waals surface area contributed by atoms with Crippen LogP contribution in [0.15, 0.2) is 29.1 Å². The summed E-state index contributed by atoms with van der Waals surface area (Å²) in [6.45, 7) is 3.79. The molecule has 0 radical (unpaired) electrons. The number of carbonyl (C=O) groups excluding carboxylic acids is 1. The summed E-state index contributed by atoms with van der Waals surface area (Å²) in [4.78, 5) is 32.8. The second kappa shape index (κ2) is 6.14. The maximum atomic E-state index is 12.4. The van der Waals surface area contributed by atoms with E-state index in [1.807, 2.05) is 0 Å². The van der Waals surface area contributed by atoms with E-state index < -0.39 is 5.97 Å². The molecule has 0 saturated heterocycles. The van der Waals surface area contributed by atoms with Crippen LogP contribution < -0.4 is 5.56 Å². The van der Waals surface area contributed by atoms with Crippen LogP contribution in [-0.4, -0.2) is 22.5 Å². The smallest absolute Gasteiger partial charge is 0.350 e. The molecule has 0 aliphatic heterocycles. The number of halogens is 1. The Morgan fingerprint density at radius 1 is 1.35 bits per heavy atom. The number of aryl methyl sites for hydroxylation is 1. The third-order valence-electron chi connectivity index (χ3n) is 3.32. The molecule has 3 aromatic rings. The van der Waals surface area contributed by atoms with Crippen molar-refractivity contribution in [1.29, 1.82) is 0 Å². The number of hydrogen-bond donors (Lipinski definition) is 1. The number of ether oxygens (including phenoxy) is 1. The van der Waals surface area contributed by atoms with Crippen LogP contribution in [0.1, 0.15) is 21.5 Å². The molecule has 0 fully saturated rings. The average Bonchev–Trinajstić information content (AvgIpc) is 2.86. The molecule has 0 saturated carbocycles. The number of benzene rings is 1. The van der Waals surface area contributed by atoms with Crippen molar-refractivity contribution in [3.8, 4) is 11.4 Å². The summed E-state index contributed by atoms with van der Waals surface area (Å²) in [6.07, 6.45) is 0. The fourth-order valence-corrected chi connectivity index (χ4v) is 3.41. The Morgan fingerprint density at radius 3 is 2.70 bits per heavy atom. The molecule has 0 spiro atoms. The predicted molar refractivity (Wildman–Crippen MR) is 91.4 cm³/mol. The van der Waals surface area contributed by atoms with Gasteiger partial charge in [0.25, 0.3) is 5.56 Å². The van der Waals surface area contributed by atoms with Gasteiger partial charge in [-0.2, -0.15) is 0 Å². The Morgan fingerprint density at radius 2 is 2.04 bits per heavy atom. The number of aromatic amines is 1. The second-order valence-corrected chi connectivity index (χ2v) is 6.51. The van der Waals surface area contributed by atoms with Crippen molar-refractivity contribution in [3.63, 3.8) is 0 Å². The Bertz CT molecular complexity index is 944. The summed E-state index contributed by atoms with van der Waals surface area (Å²) in [5.74, 6) is -0.0710. The molecule has 118 valence electrons. The van der Waals surface area contributed by atoms with E-state index in [0.717, 1.165) is 4.88 Å². The van der Waals surface area contributed by atoms with Crippen LogP contribution in [0.3, 0.4) is 0 Å². The third kappa shape index (κ3) is 2.87. The van der Waals surface area contributed by atoms with Crippen molar-refractivity contribution >= 4 is 39.8 Å². The molecule has 5 nitrogen and oxygen atoms in total. The number of hydrogen-bond acceptors (Lipinski definition) is 5. The highest BCUT2D eigenvalue weighted by molar-refractivity contribution is 7.15. The van der Waals surface area contributed by atoms with E-state index in [1.54, 1.807) is 38.1 Å². The predicted octanol–water partition coefficient (Wildman–Crippen LogP) is 3.79. The number of aromatic nitrogens is 2. The van der Waals surface area contributed by atoms with Crippen LogP contribution in [-0.2, 0) is 4.74 Å². The minimum absolute atomic E-state index is 0.268. The monoisotopic (exact) mass is 348 g/mol. The molecule has 1 aromatic carbocycles. The Balaban J connectivity index is 2.23. The van der Waals surface area contributed by atoms with E-state index in [0.29, 0.717) is 32.2 Å². The van der Waals surface area contributed by atoms with E-state index in [-0.39, 0.29) is 12.2 Å². The van der Waals surface area contributed by atoms with Gasteiger partial charge in [-0.25, -0.2) is 9.78 Å². The zero-order chi connectivity index (χ0) is 16.6. The lowest BCUT2D eigenvalue weighted by Crippen LogP contribution is -2.11. The molecule has 0 atom stereocenters. The molecule has 3 rings (SSSR count). The fourth-order valence-electron chi connectivity index (χ4n) is 2.30. The van der Waals surface area contributed by atoms with Crippen molar-refractivity contribution in [3.05, 3.63) is 49.4 Å². The van der Waals surface area contributed by atoms with Gasteiger partial charge in [-0.05, 0) is 38.1 Å². The lowest BCUT2D eigenvalue weighted by molar-refractivity contribution is 0.0534. The quantitative estimate of drug-likeness (QED) is 0.731. The first kappa shape index (κ1) is 15.7. The van der Waals surface area contributed by atoms with Crippen LogP contribution in [0.2, 0.25) is 5.02 Å². The zero-order valence-electron chi connectivity index (χ0n) is 12.5. The van der Waals surface area contributed by atoms with Crippen LogP contribution in [0.4, 0.5) is 0 Å². The van der Waals surface area contributed by atoms with Gasteiger partial charge in [0.05, 0.1) is 12.0 Å². The van der Waals surface area contributed by atoms with E-state index in [1.165, 1.54) is 11.3 Å². The number of esters is 1. The first-order valence-corrected chi connectivity index (χ1v) is 8.17. The summed E-state index contributed by atoms with van der Waals surface area (Å²) in [5, 5.41) is 1.02. The van der Waals surface area contributed by atoms with Crippen LogP contribution in [0.25, 0.3) is 22.3 Å². The van der Waals surface area contributed by atoms with Crippen molar-refractivity contribution in [2.45, 2.75) is 13.8 Å². The van der Waals surface area contributed by atoms with E-state index in [2.05, 4.69) is 9.97 Å². The van der Waals surface area contributed by atoms with Gasteiger partial charge in [-0.3, -0.25) is 4.79 Å². The molecule has 0 unspecified atom stereocenters. The molecule has 0 amide bonds. The van der Waals surface area contributed by atoms with E-state index >= 15 is 0 Å². The summed E-state index contributed by atoms with van der Waals surface area (Å²) in [5.41, 5.74) is 0.816. The van der Waals surface area contributed by atoms with E-state index in [4.69, 9.17) is 16.3 Å². The SMILES string of the molecule is CCOC(=O)c1sc(C)c2c(=O)[nH]c(-c3ccc(Cl)cc3)nc12. The lowest BCUT2D eigenvalue weighted by atomic mass is 10.2. The van der Waals surface area contributed by atoms with Crippen molar-refractivity contribution in [2.75, 3.05) is 6.61 Å². The number of carbonyl (C=O) groups is 1. The normalized spacial score (nSPS) is 10.9. The maximum Gasteiger partial charge on any atom is 0.350 e. The van der Waals surface area contributed by atoms with Gasteiger partial charge in [0.15, 0.2) is 0 Å². The number of rotatable bonds is 3. The molecule has 0 aliphatic rings. The first-order chi connectivity index (χ1) is 11.0. The topological polar surface area (TPSA) is 72.1 Å². The van der Waals surface area contributed by atoms with Gasteiger partial charge in [-0.15, -0.1) is 11.3 Å². The van der Waals surface area contributed by atoms with Crippen LogP contribution >= 0.6 is 22.9 Å². The second-order valence-electron chi connectivity index (χ2n) is 4.85. The van der Waals surface area contributed by atoms with E-state index in [9.17, 15) is 9.59 Å². The highest BCUT2D eigenvalue weighted by Gasteiger charge is 2.21. The van der Waals surface area contributed by atoms with Crippen molar-refractivity contribution in [1.82, 2.24) is 9.97 Å². The Labute approximate surface area is 140 Å². The van der Waals surface area contributed by atoms with Gasteiger partial charge < -0.3 is 9.72 Å². The lowest BCUT2D eigenvalue weighted by Gasteiger charge is -2.03. The molecule has 2 aromatic heterocycles. The Hall–Kier alpha value is -2.18. The fraction of sp³-hybridized carbons (Fsp3) is 0.188. The molecule has 0 aliphatic carbocycles. The molecule has 2 heterocycles. The largest absolute Gasteiger partial charge is 0.462 e. The number of nitrogens with one attached hydrogen (secondary N) is 1. The van der Waals surface area contributed by atoms with Gasteiger partial charge in [-0.1, -0.05) is 11.6 Å². The summed E-state index contributed by atoms with van der Waals surface area (Å²) < 4.78 is 5.05.